The summed E-state index contributed by atoms with van der Waals surface area (Å²) in [4.78, 5) is 11.6. The summed E-state index contributed by atoms with van der Waals surface area (Å²) in [5.74, 6) is -0.704. The van der Waals surface area contributed by atoms with Crippen molar-refractivity contribution in [2.75, 3.05) is 19.9 Å². The molecule has 1 unspecified atom stereocenters. The first-order valence-corrected chi connectivity index (χ1v) is 8.15. The van der Waals surface area contributed by atoms with Gasteiger partial charge >= 0.3 is 5.97 Å². The minimum atomic E-state index is -3.82. The lowest BCUT2D eigenvalue weighted by atomic mass is 10.2. The smallest absolute Gasteiger partial charge is 0.339 e. The zero-order chi connectivity index (χ0) is 16.2. The molecule has 7 heteroatoms. The Labute approximate surface area is 125 Å². The molecule has 1 aromatic rings. The molecule has 0 aliphatic rings. The number of hydrogen-bond donors (Lipinski definition) is 1. The molecule has 0 aliphatic carbocycles. The Morgan fingerprint density at radius 2 is 2.05 bits per heavy atom. The zero-order valence-corrected chi connectivity index (χ0v) is 13.6. The molecule has 0 aliphatic heterocycles. The van der Waals surface area contributed by atoms with Crippen LogP contribution in [0, 0.1) is 0 Å². The average Bonchev–Trinajstić information content (AvgIpc) is 2.45. The van der Waals surface area contributed by atoms with Gasteiger partial charge in [0, 0.05) is 18.8 Å². The monoisotopic (exact) mass is 314 g/mol. The second kappa shape index (κ2) is 6.91. The van der Waals surface area contributed by atoms with E-state index < -0.39 is 16.0 Å². The van der Waals surface area contributed by atoms with Crippen LogP contribution in [0.4, 0.5) is 5.69 Å². The third-order valence-corrected chi connectivity index (χ3v) is 5.41. The van der Waals surface area contributed by atoms with Crippen molar-refractivity contribution >= 4 is 21.7 Å². The zero-order valence-electron chi connectivity index (χ0n) is 12.8. The molecular formula is C14H22N2O4S. The van der Waals surface area contributed by atoms with E-state index in [1.165, 1.54) is 36.7 Å². The minimum absolute atomic E-state index is 0.0118. The van der Waals surface area contributed by atoms with Gasteiger partial charge in [-0.2, -0.15) is 4.31 Å². The maximum absolute atomic E-state index is 12.7. The van der Waals surface area contributed by atoms with Crippen molar-refractivity contribution < 1.29 is 17.9 Å². The molecule has 0 saturated carbocycles. The molecule has 6 nitrogen and oxygen atoms in total. The molecule has 0 fully saturated rings. The Balaban J connectivity index is 3.36. The second-order valence-electron chi connectivity index (χ2n) is 4.91. The highest BCUT2D eigenvalue weighted by Gasteiger charge is 2.29. The number of anilines is 1. The fourth-order valence-corrected chi connectivity index (χ4v) is 3.63. The summed E-state index contributed by atoms with van der Waals surface area (Å²) in [5.41, 5.74) is 5.93. The van der Waals surface area contributed by atoms with Crippen molar-refractivity contribution in [2.24, 2.45) is 0 Å². The molecule has 1 rings (SSSR count). The largest absolute Gasteiger partial charge is 0.465 e. The van der Waals surface area contributed by atoms with Crippen molar-refractivity contribution in [1.29, 1.82) is 0 Å². The van der Waals surface area contributed by atoms with Crippen LogP contribution in [0.3, 0.4) is 0 Å². The summed E-state index contributed by atoms with van der Waals surface area (Å²) in [6.07, 6.45) is 1.59. The molecule has 1 aromatic carbocycles. The maximum Gasteiger partial charge on any atom is 0.339 e. The minimum Gasteiger partial charge on any atom is -0.465 e. The first-order valence-electron chi connectivity index (χ1n) is 6.71. The lowest BCUT2D eigenvalue weighted by molar-refractivity contribution is 0.0596. The first-order chi connectivity index (χ1) is 9.75. The molecule has 0 heterocycles. The predicted molar refractivity (Wildman–Crippen MR) is 81.5 cm³/mol. The van der Waals surface area contributed by atoms with Gasteiger partial charge in [0.2, 0.25) is 10.0 Å². The Bertz CT molecular complexity index is 613. The fourth-order valence-electron chi connectivity index (χ4n) is 2.02. The number of nitrogens with zero attached hydrogens (tertiary/aromatic N) is 1. The maximum atomic E-state index is 12.7. The number of esters is 1. The number of nitrogens with two attached hydrogens (primary N) is 1. The molecule has 2 N–H and O–H groups in total. The van der Waals surface area contributed by atoms with Gasteiger partial charge in [-0.15, -0.1) is 0 Å². The number of nitrogen functional groups attached to an aromatic ring is 1. The molecule has 0 aromatic heterocycles. The Kier molecular flexibility index (Phi) is 5.74. The van der Waals surface area contributed by atoms with Crippen LogP contribution in [0.1, 0.15) is 37.0 Å². The van der Waals surface area contributed by atoms with E-state index in [0.717, 1.165) is 12.8 Å². The van der Waals surface area contributed by atoms with E-state index in [0.29, 0.717) is 0 Å². The quantitative estimate of drug-likeness (QED) is 0.639. The van der Waals surface area contributed by atoms with Crippen molar-refractivity contribution in [1.82, 2.24) is 4.31 Å². The van der Waals surface area contributed by atoms with Crippen molar-refractivity contribution in [3.8, 4) is 0 Å². The van der Waals surface area contributed by atoms with E-state index in [2.05, 4.69) is 4.74 Å². The average molecular weight is 314 g/mol. The van der Waals surface area contributed by atoms with Gasteiger partial charge in [0.05, 0.1) is 17.6 Å². The molecule has 21 heavy (non-hydrogen) atoms. The predicted octanol–water partition coefficient (Wildman–Crippen LogP) is 1.86. The summed E-state index contributed by atoms with van der Waals surface area (Å²) in [7, 11) is -1.11. The molecule has 118 valence electrons. The van der Waals surface area contributed by atoms with Crippen LogP contribution in [0.2, 0.25) is 0 Å². The molecule has 0 radical (unpaired) electrons. The Hall–Kier alpha value is -1.60. The number of methoxy groups -OCH3 is 1. The second-order valence-corrected chi connectivity index (χ2v) is 6.87. The van der Waals surface area contributed by atoms with Gasteiger partial charge in [-0.05, 0) is 31.5 Å². The fraction of sp³-hybridized carbons (Fsp3) is 0.500. The van der Waals surface area contributed by atoms with Crippen LogP contribution in [0.25, 0.3) is 0 Å². The summed E-state index contributed by atoms with van der Waals surface area (Å²) >= 11 is 0. The third-order valence-electron chi connectivity index (χ3n) is 3.40. The van der Waals surface area contributed by atoms with Gasteiger partial charge < -0.3 is 10.5 Å². The number of hydrogen-bond acceptors (Lipinski definition) is 5. The first kappa shape index (κ1) is 17.5. The van der Waals surface area contributed by atoms with E-state index in [1.807, 2.05) is 13.8 Å². The van der Waals surface area contributed by atoms with E-state index in [-0.39, 0.29) is 22.2 Å². The lowest BCUT2D eigenvalue weighted by Gasteiger charge is -2.25. The summed E-state index contributed by atoms with van der Waals surface area (Å²) < 4.78 is 31.3. The highest BCUT2D eigenvalue weighted by Crippen LogP contribution is 2.25. The van der Waals surface area contributed by atoms with Gasteiger partial charge in [-0.1, -0.05) is 13.3 Å². The van der Waals surface area contributed by atoms with Gasteiger partial charge in [0.15, 0.2) is 0 Å². The number of ether oxygens (including phenoxy) is 1. The molecule has 0 spiro atoms. The number of sulfonamides is 1. The number of carbonyl (C=O) groups is 1. The van der Waals surface area contributed by atoms with Gasteiger partial charge in [0.1, 0.15) is 0 Å². The number of benzene rings is 1. The standard InChI is InChI=1S/C14H22N2O4S/c1-5-6-10(2)16(3)21(18,19)13-9-11(15)7-8-12(13)14(17)20-4/h7-10H,5-6,15H2,1-4H3. The van der Waals surface area contributed by atoms with Crippen molar-refractivity contribution in [3.63, 3.8) is 0 Å². The molecular weight excluding hydrogens is 292 g/mol. The SMILES string of the molecule is CCCC(C)N(C)S(=O)(=O)c1cc(N)ccc1C(=O)OC. The van der Waals surface area contributed by atoms with Crippen LogP contribution >= 0.6 is 0 Å². The van der Waals surface area contributed by atoms with Crippen LogP contribution < -0.4 is 5.73 Å². The van der Waals surface area contributed by atoms with E-state index in [1.54, 1.807) is 0 Å². The third kappa shape index (κ3) is 3.74. The van der Waals surface area contributed by atoms with Crippen molar-refractivity contribution in [2.45, 2.75) is 37.6 Å². The van der Waals surface area contributed by atoms with Gasteiger partial charge in [-0.25, -0.2) is 13.2 Å². The summed E-state index contributed by atoms with van der Waals surface area (Å²) in [5, 5.41) is 0. The van der Waals surface area contributed by atoms with Crippen LogP contribution in [0.15, 0.2) is 23.1 Å². The topological polar surface area (TPSA) is 89.7 Å². The van der Waals surface area contributed by atoms with Crippen LogP contribution in [0.5, 0.6) is 0 Å². The molecule has 0 bridgehead atoms. The summed E-state index contributed by atoms with van der Waals surface area (Å²) in [6.45, 7) is 3.81. The van der Waals surface area contributed by atoms with Gasteiger partial charge in [-0.3, -0.25) is 0 Å². The summed E-state index contributed by atoms with van der Waals surface area (Å²) in [6, 6.07) is 3.95. The number of carbonyl (C=O) groups excluding carboxylic acids is 1. The molecule has 1 atom stereocenters. The molecule has 0 amide bonds. The Morgan fingerprint density at radius 3 is 2.57 bits per heavy atom. The highest BCUT2D eigenvalue weighted by atomic mass is 32.2. The molecule has 0 saturated heterocycles. The normalized spacial score (nSPS) is 13.2. The highest BCUT2D eigenvalue weighted by molar-refractivity contribution is 7.89. The van der Waals surface area contributed by atoms with Crippen LogP contribution in [-0.4, -0.2) is 38.9 Å². The van der Waals surface area contributed by atoms with Gasteiger partial charge in [0.25, 0.3) is 0 Å². The van der Waals surface area contributed by atoms with Crippen LogP contribution in [-0.2, 0) is 14.8 Å². The van der Waals surface area contributed by atoms with E-state index in [9.17, 15) is 13.2 Å². The van der Waals surface area contributed by atoms with Crippen molar-refractivity contribution in [3.05, 3.63) is 23.8 Å². The lowest BCUT2D eigenvalue weighted by Crippen LogP contribution is -2.35. The Morgan fingerprint density at radius 1 is 1.43 bits per heavy atom. The van der Waals surface area contributed by atoms with E-state index >= 15 is 0 Å². The number of rotatable bonds is 6. The van der Waals surface area contributed by atoms with E-state index in [4.69, 9.17) is 5.73 Å².